The predicted molar refractivity (Wildman–Crippen MR) is 96.7 cm³/mol. The van der Waals surface area contributed by atoms with Crippen molar-refractivity contribution in [3.63, 3.8) is 0 Å². The molecule has 0 unspecified atom stereocenters. The van der Waals surface area contributed by atoms with Gasteiger partial charge in [-0.1, -0.05) is 91.0 Å². The zero-order valence-electron chi connectivity index (χ0n) is 13.8. The van der Waals surface area contributed by atoms with Crippen LogP contribution in [0.2, 0.25) is 0 Å². The fraction of sp³-hybridized carbons (Fsp3) is 0.182. The molecule has 0 saturated heterocycles. The maximum Gasteiger partial charge on any atom is 0.148 e. The highest BCUT2D eigenvalue weighted by atomic mass is 16.5. The molecule has 0 aliphatic carbocycles. The van der Waals surface area contributed by atoms with E-state index in [-0.39, 0.29) is 0 Å². The summed E-state index contributed by atoms with van der Waals surface area (Å²) in [5, 5.41) is 11.3. The molecule has 3 aromatic carbocycles. The Balaban J connectivity index is 2.23. The van der Waals surface area contributed by atoms with Crippen LogP contribution in [0.3, 0.4) is 0 Å². The second-order valence-electron chi connectivity index (χ2n) is 5.71. The molecule has 0 heterocycles. The van der Waals surface area contributed by atoms with Crippen molar-refractivity contribution in [2.75, 3.05) is 6.61 Å². The first-order valence-electron chi connectivity index (χ1n) is 8.27. The molecule has 0 aromatic heterocycles. The maximum absolute atomic E-state index is 11.3. The fourth-order valence-electron chi connectivity index (χ4n) is 3.20. The van der Waals surface area contributed by atoms with E-state index in [1.165, 1.54) is 0 Å². The van der Waals surface area contributed by atoms with Gasteiger partial charge in [0.25, 0.3) is 0 Å². The number of aliphatic hydroxyl groups is 1. The van der Waals surface area contributed by atoms with Gasteiger partial charge in [0, 0.05) is 6.61 Å². The van der Waals surface area contributed by atoms with Gasteiger partial charge in [-0.3, -0.25) is 0 Å². The molecule has 122 valence electrons. The van der Waals surface area contributed by atoms with Crippen molar-refractivity contribution in [3.8, 4) is 0 Å². The van der Waals surface area contributed by atoms with E-state index in [1.807, 2.05) is 97.9 Å². The molecule has 0 amide bonds. The maximum atomic E-state index is 11.3. The van der Waals surface area contributed by atoms with Crippen LogP contribution in [0.5, 0.6) is 0 Å². The van der Waals surface area contributed by atoms with Crippen LogP contribution in [-0.4, -0.2) is 11.7 Å². The molecule has 1 atom stereocenters. The molecule has 2 heteroatoms. The second kappa shape index (κ2) is 7.43. The lowest BCUT2D eigenvalue weighted by Gasteiger charge is -2.39. The van der Waals surface area contributed by atoms with Crippen molar-refractivity contribution in [3.05, 3.63) is 108 Å². The lowest BCUT2D eigenvalue weighted by molar-refractivity contribution is -0.101. The summed E-state index contributed by atoms with van der Waals surface area (Å²) in [6.07, 6.45) is -0.816. The lowest BCUT2D eigenvalue weighted by atomic mass is 9.78. The van der Waals surface area contributed by atoms with Crippen LogP contribution in [0.1, 0.15) is 29.7 Å². The summed E-state index contributed by atoms with van der Waals surface area (Å²) in [5.74, 6) is 0. The van der Waals surface area contributed by atoms with E-state index in [2.05, 4.69) is 0 Å². The van der Waals surface area contributed by atoms with Crippen molar-refractivity contribution in [2.24, 2.45) is 0 Å². The Morgan fingerprint density at radius 1 is 0.750 bits per heavy atom. The van der Waals surface area contributed by atoms with Crippen molar-refractivity contribution >= 4 is 0 Å². The first kappa shape index (κ1) is 16.4. The number of aliphatic hydroxyl groups excluding tert-OH is 1. The van der Waals surface area contributed by atoms with E-state index in [0.29, 0.717) is 6.61 Å². The third-order valence-corrected chi connectivity index (χ3v) is 4.28. The molecule has 0 aliphatic heterocycles. The average Bonchev–Trinajstić information content (AvgIpc) is 2.68. The van der Waals surface area contributed by atoms with Crippen molar-refractivity contribution < 1.29 is 9.84 Å². The highest BCUT2D eigenvalue weighted by molar-refractivity contribution is 5.41. The molecule has 0 radical (unpaired) electrons. The monoisotopic (exact) mass is 318 g/mol. The third kappa shape index (κ3) is 2.99. The van der Waals surface area contributed by atoms with Gasteiger partial charge in [0.2, 0.25) is 0 Å². The summed E-state index contributed by atoms with van der Waals surface area (Å²) in [4.78, 5) is 0. The second-order valence-corrected chi connectivity index (χ2v) is 5.71. The smallest absolute Gasteiger partial charge is 0.148 e. The van der Waals surface area contributed by atoms with Crippen LogP contribution in [0.25, 0.3) is 0 Å². The normalized spacial score (nSPS) is 12.8. The van der Waals surface area contributed by atoms with Crippen LogP contribution in [0, 0.1) is 0 Å². The number of ether oxygens (including phenoxy) is 1. The Hall–Kier alpha value is -2.42. The highest BCUT2D eigenvalue weighted by Gasteiger charge is 2.43. The number of benzene rings is 3. The molecular formula is C22H22O2. The summed E-state index contributed by atoms with van der Waals surface area (Å²) in [6.45, 7) is 2.45. The Morgan fingerprint density at radius 3 is 1.58 bits per heavy atom. The van der Waals surface area contributed by atoms with Crippen LogP contribution in [-0.2, 0) is 10.3 Å². The van der Waals surface area contributed by atoms with Gasteiger partial charge in [0.15, 0.2) is 0 Å². The van der Waals surface area contributed by atoms with E-state index >= 15 is 0 Å². The number of hydrogen-bond donors (Lipinski definition) is 1. The van der Waals surface area contributed by atoms with Gasteiger partial charge >= 0.3 is 0 Å². The fourth-order valence-corrected chi connectivity index (χ4v) is 3.20. The Morgan fingerprint density at radius 2 is 1.17 bits per heavy atom. The molecule has 1 N–H and O–H groups in total. The number of rotatable bonds is 6. The van der Waals surface area contributed by atoms with Gasteiger partial charge < -0.3 is 9.84 Å². The van der Waals surface area contributed by atoms with Crippen molar-refractivity contribution in [2.45, 2.75) is 18.6 Å². The van der Waals surface area contributed by atoms with Gasteiger partial charge in [0.1, 0.15) is 11.7 Å². The molecule has 0 spiro atoms. The quantitative estimate of drug-likeness (QED) is 0.714. The zero-order chi connectivity index (χ0) is 16.8. The van der Waals surface area contributed by atoms with Crippen LogP contribution < -0.4 is 0 Å². The van der Waals surface area contributed by atoms with Crippen molar-refractivity contribution in [1.82, 2.24) is 0 Å². The molecule has 0 saturated carbocycles. The summed E-state index contributed by atoms with van der Waals surface area (Å²) in [5.41, 5.74) is 1.76. The number of hydrogen-bond acceptors (Lipinski definition) is 2. The molecule has 2 nitrogen and oxygen atoms in total. The Bertz CT molecular complexity index is 699. The van der Waals surface area contributed by atoms with Crippen LogP contribution in [0.15, 0.2) is 91.0 Å². The van der Waals surface area contributed by atoms with Gasteiger partial charge in [-0.15, -0.1) is 0 Å². The summed E-state index contributed by atoms with van der Waals surface area (Å²) >= 11 is 0. The molecule has 0 bridgehead atoms. The largest absolute Gasteiger partial charge is 0.385 e. The van der Waals surface area contributed by atoms with Crippen molar-refractivity contribution in [1.29, 1.82) is 0 Å². The standard InChI is InChI=1S/C22H22O2/c1-2-24-22(19-14-8-4-9-15-19,20-16-10-5-11-17-20)21(23)18-12-6-3-7-13-18/h3-17,21,23H,2H2,1H3/t21-/m0/s1. The van der Waals surface area contributed by atoms with E-state index < -0.39 is 11.7 Å². The SMILES string of the molecule is CCOC(c1ccccc1)(c1ccccc1)[C@@H](O)c1ccccc1. The topological polar surface area (TPSA) is 29.5 Å². The first-order chi connectivity index (χ1) is 11.8. The summed E-state index contributed by atoms with van der Waals surface area (Å²) in [7, 11) is 0. The molecule has 3 rings (SSSR count). The molecule has 0 fully saturated rings. The third-order valence-electron chi connectivity index (χ3n) is 4.28. The van der Waals surface area contributed by atoms with E-state index in [1.54, 1.807) is 0 Å². The van der Waals surface area contributed by atoms with Gasteiger partial charge in [-0.2, -0.15) is 0 Å². The van der Waals surface area contributed by atoms with E-state index in [4.69, 9.17) is 4.74 Å². The lowest BCUT2D eigenvalue weighted by Crippen LogP contribution is -2.38. The molecule has 3 aromatic rings. The van der Waals surface area contributed by atoms with Gasteiger partial charge in [-0.05, 0) is 23.6 Å². The first-order valence-corrected chi connectivity index (χ1v) is 8.27. The van der Waals surface area contributed by atoms with Crippen LogP contribution in [0.4, 0.5) is 0 Å². The van der Waals surface area contributed by atoms with Crippen LogP contribution >= 0.6 is 0 Å². The Kier molecular flexibility index (Phi) is 5.09. The molecular weight excluding hydrogens is 296 g/mol. The Labute approximate surface area is 143 Å². The van der Waals surface area contributed by atoms with E-state index in [9.17, 15) is 5.11 Å². The van der Waals surface area contributed by atoms with Gasteiger partial charge in [0.05, 0.1) is 0 Å². The minimum atomic E-state index is -0.946. The van der Waals surface area contributed by atoms with E-state index in [0.717, 1.165) is 16.7 Å². The highest BCUT2D eigenvalue weighted by Crippen LogP contribution is 2.44. The minimum Gasteiger partial charge on any atom is -0.385 e. The minimum absolute atomic E-state index is 0.494. The summed E-state index contributed by atoms with van der Waals surface area (Å²) < 4.78 is 6.27. The molecule has 0 aliphatic rings. The van der Waals surface area contributed by atoms with Gasteiger partial charge in [-0.25, -0.2) is 0 Å². The summed E-state index contributed by atoms with van der Waals surface area (Å²) in [6, 6.07) is 29.6. The predicted octanol–water partition coefficient (Wildman–Crippen LogP) is 4.70. The zero-order valence-corrected chi connectivity index (χ0v) is 13.8. The average molecular weight is 318 g/mol. The molecule has 24 heavy (non-hydrogen) atoms.